The minimum absolute atomic E-state index is 0.134. The Morgan fingerprint density at radius 2 is 1.65 bits per heavy atom. The van der Waals surface area contributed by atoms with Crippen molar-refractivity contribution in [3.05, 3.63) is 60.2 Å². The van der Waals surface area contributed by atoms with Crippen LogP contribution in [0.25, 0.3) is 0 Å². The molecular weight excluding hydrogens is 394 g/mol. The SMILES string of the molecule is C[C@@H]1[C@H](C)CCC[C@@H]1NC(=O)COC(=O)c1ccccc1OCCOc1ccccc1. The molecule has 2 aromatic rings. The van der Waals surface area contributed by atoms with Crippen LogP contribution in [0.5, 0.6) is 11.5 Å². The van der Waals surface area contributed by atoms with E-state index in [1.54, 1.807) is 24.3 Å². The number of hydrogen-bond donors (Lipinski definition) is 1. The van der Waals surface area contributed by atoms with E-state index in [2.05, 4.69) is 19.2 Å². The highest BCUT2D eigenvalue weighted by molar-refractivity contribution is 5.94. The van der Waals surface area contributed by atoms with E-state index >= 15 is 0 Å². The number of esters is 1. The van der Waals surface area contributed by atoms with E-state index in [9.17, 15) is 9.59 Å². The third-order valence-electron chi connectivity index (χ3n) is 5.85. The van der Waals surface area contributed by atoms with Crippen LogP contribution in [0.4, 0.5) is 0 Å². The fraction of sp³-hybridized carbons (Fsp3) is 0.440. The van der Waals surface area contributed by atoms with Crippen molar-refractivity contribution in [2.45, 2.75) is 39.2 Å². The quantitative estimate of drug-likeness (QED) is 0.480. The van der Waals surface area contributed by atoms with E-state index in [1.807, 2.05) is 30.3 Å². The molecule has 0 bridgehead atoms. The molecule has 2 aromatic carbocycles. The number of carbonyl (C=O) groups excluding carboxylic acids is 2. The molecule has 0 heterocycles. The predicted molar refractivity (Wildman–Crippen MR) is 118 cm³/mol. The highest BCUT2D eigenvalue weighted by Gasteiger charge is 2.28. The summed E-state index contributed by atoms with van der Waals surface area (Å²) in [6.45, 7) is 4.69. The molecule has 1 saturated carbocycles. The van der Waals surface area contributed by atoms with Crippen molar-refractivity contribution in [3.8, 4) is 11.5 Å². The first-order valence-corrected chi connectivity index (χ1v) is 10.9. The summed E-state index contributed by atoms with van der Waals surface area (Å²) < 4.78 is 16.6. The molecular formula is C25H31NO5. The lowest BCUT2D eigenvalue weighted by Crippen LogP contribution is -2.45. The van der Waals surface area contributed by atoms with Gasteiger partial charge in [0, 0.05) is 6.04 Å². The molecule has 0 radical (unpaired) electrons. The predicted octanol–water partition coefficient (Wildman–Crippen LogP) is 4.24. The Kier molecular flexibility index (Phi) is 8.33. The van der Waals surface area contributed by atoms with Gasteiger partial charge >= 0.3 is 5.97 Å². The minimum atomic E-state index is -0.584. The van der Waals surface area contributed by atoms with E-state index in [4.69, 9.17) is 14.2 Å². The smallest absolute Gasteiger partial charge is 0.342 e. The Morgan fingerprint density at radius 3 is 2.45 bits per heavy atom. The van der Waals surface area contributed by atoms with Gasteiger partial charge in [0.05, 0.1) is 0 Å². The molecule has 6 heteroatoms. The van der Waals surface area contributed by atoms with E-state index in [0.717, 1.165) is 18.6 Å². The van der Waals surface area contributed by atoms with E-state index in [1.165, 1.54) is 6.42 Å². The summed E-state index contributed by atoms with van der Waals surface area (Å²) in [5, 5.41) is 3.01. The van der Waals surface area contributed by atoms with Crippen molar-refractivity contribution in [1.82, 2.24) is 5.32 Å². The van der Waals surface area contributed by atoms with Gasteiger partial charge in [-0.1, -0.05) is 57.0 Å². The van der Waals surface area contributed by atoms with Crippen LogP contribution in [0.3, 0.4) is 0 Å². The minimum Gasteiger partial charge on any atom is -0.490 e. The van der Waals surface area contributed by atoms with Gasteiger partial charge in [0.25, 0.3) is 5.91 Å². The van der Waals surface area contributed by atoms with E-state index in [-0.39, 0.29) is 30.7 Å². The van der Waals surface area contributed by atoms with Crippen LogP contribution in [0, 0.1) is 11.8 Å². The van der Waals surface area contributed by atoms with Gasteiger partial charge in [-0.25, -0.2) is 4.79 Å². The highest BCUT2D eigenvalue weighted by Crippen LogP contribution is 2.29. The van der Waals surface area contributed by atoms with Crippen molar-refractivity contribution >= 4 is 11.9 Å². The Morgan fingerprint density at radius 1 is 0.935 bits per heavy atom. The monoisotopic (exact) mass is 425 g/mol. The van der Waals surface area contributed by atoms with Gasteiger partial charge in [0.15, 0.2) is 6.61 Å². The van der Waals surface area contributed by atoms with Gasteiger partial charge in [-0.05, 0) is 42.5 Å². The number of hydrogen-bond acceptors (Lipinski definition) is 5. The Balaban J connectivity index is 1.46. The first-order chi connectivity index (χ1) is 15.0. The summed E-state index contributed by atoms with van der Waals surface area (Å²) >= 11 is 0. The Bertz CT molecular complexity index is 854. The summed E-state index contributed by atoms with van der Waals surface area (Å²) in [7, 11) is 0. The zero-order chi connectivity index (χ0) is 22.1. The average molecular weight is 426 g/mol. The van der Waals surface area contributed by atoms with Gasteiger partial charge in [-0.2, -0.15) is 0 Å². The molecule has 166 valence electrons. The Hall–Kier alpha value is -3.02. The van der Waals surface area contributed by atoms with Crippen LogP contribution in [-0.2, 0) is 9.53 Å². The van der Waals surface area contributed by atoms with Crippen molar-refractivity contribution in [3.63, 3.8) is 0 Å². The number of nitrogens with one attached hydrogen (secondary N) is 1. The molecule has 31 heavy (non-hydrogen) atoms. The molecule has 1 amide bonds. The van der Waals surface area contributed by atoms with Crippen molar-refractivity contribution in [2.75, 3.05) is 19.8 Å². The molecule has 0 saturated heterocycles. The number of amides is 1. The zero-order valence-corrected chi connectivity index (χ0v) is 18.2. The average Bonchev–Trinajstić information content (AvgIpc) is 2.79. The number of para-hydroxylation sites is 2. The summed E-state index contributed by atoms with van der Waals surface area (Å²) in [6.07, 6.45) is 3.26. The summed E-state index contributed by atoms with van der Waals surface area (Å²) in [5.74, 6) is 1.30. The molecule has 1 N–H and O–H groups in total. The maximum atomic E-state index is 12.5. The van der Waals surface area contributed by atoms with Gasteiger partial charge in [0.1, 0.15) is 30.3 Å². The van der Waals surface area contributed by atoms with Gasteiger partial charge < -0.3 is 19.5 Å². The molecule has 1 fully saturated rings. The third-order valence-corrected chi connectivity index (χ3v) is 5.85. The lowest BCUT2D eigenvalue weighted by atomic mass is 9.78. The maximum absolute atomic E-state index is 12.5. The summed E-state index contributed by atoms with van der Waals surface area (Å²) in [5.41, 5.74) is 0.287. The fourth-order valence-electron chi connectivity index (χ4n) is 3.83. The van der Waals surface area contributed by atoms with Crippen LogP contribution in [0.2, 0.25) is 0 Å². The second kappa shape index (κ2) is 11.4. The number of carbonyl (C=O) groups is 2. The molecule has 1 aliphatic rings. The number of benzene rings is 2. The van der Waals surface area contributed by atoms with Crippen molar-refractivity contribution < 1.29 is 23.8 Å². The fourth-order valence-corrected chi connectivity index (χ4v) is 3.83. The molecule has 3 atom stereocenters. The molecule has 0 aliphatic heterocycles. The van der Waals surface area contributed by atoms with E-state index in [0.29, 0.717) is 24.2 Å². The molecule has 1 aliphatic carbocycles. The van der Waals surface area contributed by atoms with E-state index < -0.39 is 5.97 Å². The topological polar surface area (TPSA) is 73.9 Å². The summed E-state index contributed by atoms with van der Waals surface area (Å²) in [6, 6.07) is 16.4. The van der Waals surface area contributed by atoms with Crippen LogP contribution < -0.4 is 14.8 Å². The van der Waals surface area contributed by atoms with Crippen molar-refractivity contribution in [1.29, 1.82) is 0 Å². The van der Waals surface area contributed by atoms with Crippen LogP contribution in [-0.4, -0.2) is 37.7 Å². The van der Waals surface area contributed by atoms with Gasteiger partial charge in [0.2, 0.25) is 0 Å². The first kappa shape index (κ1) is 22.7. The molecule has 0 aromatic heterocycles. The van der Waals surface area contributed by atoms with Crippen LogP contribution >= 0.6 is 0 Å². The maximum Gasteiger partial charge on any atom is 0.342 e. The molecule has 3 rings (SSSR count). The molecule has 0 unspecified atom stereocenters. The Labute approximate surface area is 183 Å². The first-order valence-electron chi connectivity index (χ1n) is 10.9. The largest absolute Gasteiger partial charge is 0.490 e. The lowest BCUT2D eigenvalue weighted by molar-refractivity contribution is -0.125. The van der Waals surface area contributed by atoms with Gasteiger partial charge in [-0.15, -0.1) is 0 Å². The van der Waals surface area contributed by atoms with Crippen LogP contribution in [0.1, 0.15) is 43.5 Å². The second-order valence-electron chi connectivity index (χ2n) is 8.02. The van der Waals surface area contributed by atoms with Crippen molar-refractivity contribution in [2.24, 2.45) is 11.8 Å². The third kappa shape index (κ3) is 6.74. The highest BCUT2D eigenvalue weighted by atomic mass is 16.5. The zero-order valence-electron chi connectivity index (χ0n) is 18.2. The molecule has 6 nitrogen and oxygen atoms in total. The second-order valence-corrected chi connectivity index (χ2v) is 8.02. The number of rotatable bonds is 9. The standard InChI is InChI=1S/C25H31NO5/c1-18-9-8-13-22(19(18)2)26-24(27)17-31-25(28)21-12-6-7-14-23(21)30-16-15-29-20-10-4-3-5-11-20/h3-7,10-12,14,18-19,22H,8-9,13,15-17H2,1-2H3,(H,26,27)/t18-,19-,22+/m1/s1. The molecule has 0 spiro atoms. The van der Waals surface area contributed by atoms with Crippen LogP contribution in [0.15, 0.2) is 54.6 Å². The van der Waals surface area contributed by atoms with Gasteiger partial charge in [-0.3, -0.25) is 4.79 Å². The lowest BCUT2D eigenvalue weighted by Gasteiger charge is -2.34. The normalized spacial score (nSPS) is 20.5. The number of ether oxygens (including phenoxy) is 3. The summed E-state index contributed by atoms with van der Waals surface area (Å²) in [4.78, 5) is 24.8.